The van der Waals surface area contributed by atoms with Crippen LogP contribution in [0.2, 0.25) is 0 Å². The van der Waals surface area contributed by atoms with Gasteiger partial charge in [0.2, 0.25) is 11.8 Å². The second kappa shape index (κ2) is 10.2. The predicted molar refractivity (Wildman–Crippen MR) is 76.2 cm³/mol. The highest BCUT2D eigenvalue weighted by Gasteiger charge is 2.14. The number of nitrogens with one attached hydrogen (secondary N) is 2. The van der Waals surface area contributed by atoms with E-state index >= 15 is 0 Å². The minimum atomic E-state index is -0.783. The van der Waals surface area contributed by atoms with Crippen LogP contribution in [0.25, 0.3) is 0 Å². The molecule has 0 radical (unpaired) electrons. The highest BCUT2D eigenvalue weighted by molar-refractivity contribution is 5.86. The van der Waals surface area contributed by atoms with Crippen molar-refractivity contribution in [1.29, 1.82) is 0 Å². The summed E-state index contributed by atoms with van der Waals surface area (Å²) in [7, 11) is 0. The van der Waals surface area contributed by atoms with Crippen LogP contribution in [-0.2, 0) is 14.4 Å². The largest absolute Gasteiger partial charge is 0.481 e. The summed E-state index contributed by atoms with van der Waals surface area (Å²) < 4.78 is 0. The number of carbonyl (C=O) groups is 3. The van der Waals surface area contributed by atoms with Crippen molar-refractivity contribution in [3.63, 3.8) is 0 Å². The van der Waals surface area contributed by atoms with Gasteiger partial charge in [0.05, 0.1) is 0 Å². The van der Waals surface area contributed by atoms with Gasteiger partial charge in [-0.15, -0.1) is 0 Å². The van der Waals surface area contributed by atoms with E-state index in [0.717, 1.165) is 19.3 Å². The number of aliphatic carboxylic acids is 1. The molecule has 0 spiro atoms. The second-order valence-corrected chi connectivity index (χ2v) is 5.09. The van der Waals surface area contributed by atoms with E-state index in [2.05, 4.69) is 17.6 Å². The molecule has 0 rings (SSSR count). The first-order valence-electron chi connectivity index (χ1n) is 7.13. The van der Waals surface area contributed by atoms with E-state index in [1.165, 1.54) is 6.92 Å². The molecule has 0 aliphatic rings. The molecule has 0 aromatic rings. The first-order valence-corrected chi connectivity index (χ1v) is 7.13. The van der Waals surface area contributed by atoms with Crippen molar-refractivity contribution in [3.05, 3.63) is 0 Å². The van der Waals surface area contributed by atoms with Gasteiger partial charge in [-0.25, -0.2) is 0 Å². The van der Waals surface area contributed by atoms with E-state index in [0.29, 0.717) is 18.9 Å². The van der Waals surface area contributed by atoms with Crippen molar-refractivity contribution in [3.8, 4) is 0 Å². The number of carboxylic acid groups (broad SMARTS) is 1. The van der Waals surface area contributed by atoms with E-state index in [-0.39, 0.29) is 18.2 Å². The molecule has 0 bridgehead atoms. The van der Waals surface area contributed by atoms with E-state index in [4.69, 9.17) is 5.11 Å². The van der Waals surface area contributed by atoms with Gasteiger partial charge in [0.1, 0.15) is 6.04 Å². The SMILES string of the molecule is CCCC(CCNC(=O)C(C)NC(C)=O)CCC(=O)O. The minimum absolute atomic E-state index is 0.168. The molecule has 0 aliphatic carbocycles. The number of hydrogen-bond donors (Lipinski definition) is 3. The van der Waals surface area contributed by atoms with E-state index in [1.807, 2.05) is 0 Å². The zero-order chi connectivity index (χ0) is 15.5. The molecule has 20 heavy (non-hydrogen) atoms. The molecule has 6 nitrogen and oxygen atoms in total. The molecule has 0 aromatic carbocycles. The van der Waals surface area contributed by atoms with Crippen molar-refractivity contribution in [2.75, 3.05) is 6.54 Å². The fourth-order valence-electron chi connectivity index (χ4n) is 2.09. The second-order valence-electron chi connectivity index (χ2n) is 5.09. The monoisotopic (exact) mass is 286 g/mol. The maximum Gasteiger partial charge on any atom is 0.303 e. The minimum Gasteiger partial charge on any atom is -0.481 e. The summed E-state index contributed by atoms with van der Waals surface area (Å²) in [5.74, 6) is -0.923. The summed E-state index contributed by atoms with van der Waals surface area (Å²) in [6.07, 6.45) is 3.53. The summed E-state index contributed by atoms with van der Waals surface area (Å²) in [5, 5.41) is 14.0. The highest BCUT2D eigenvalue weighted by Crippen LogP contribution is 2.17. The first kappa shape index (κ1) is 18.4. The Hall–Kier alpha value is -1.59. The maximum absolute atomic E-state index is 11.7. The molecule has 2 atom stereocenters. The Morgan fingerprint density at radius 2 is 1.80 bits per heavy atom. The van der Waals surface area contributed by atoms with Crippen LogP contribution >= 0.6 is 0 Å². The Bertz CT molecular complexity index is 331. The Morgan fingerprint density at radius 1 is 1.15 bits per heavy atom. The van der Waals surface area contributed by atoms with Crippen LogP contribution in [0.5, 0.6) is 0 Å². The third kappa shape index (κ3) is 9.35. The topological polar surface area (TPSA) is 95.5 Å². The fourth-order valence-corrected chi connectivity index (χ4v) is 2.09. The van der Waals surface area contributed by atoms with Gasteiger partial charge in [-0.1, -0.05) is 19.8 Å². The number of rotatable bonds is 10. The average molecular weight is 286 g/mol. The fraction of sp³-hybridized carbons (Fsp3) is 0.786. The summed E-state index contributed by atoms with van der Waals surface area (Å²) in [6, 6.07) is -0.545. The smallest absolute Gasteiger partial charge is 0.303 e. The Morgan fingerprint density at radius 3 is 2.30 bits per heavy atom. The van der Waals surface area contributed by atoms with Gasteiger partial charge in [-0.05, 0) is 25.7 Å². The van der Waals surface area contributed by atoms with Crippen LogP contribution in [0, 0.1) is 5.92 Å². The number of amides is 2. The number of hydrogen-bond acceptors (Lipinski definition) is 3. The molecule has 0 saturated carbocycles. The third-order valence-corrected chi connectivity index (χ3v) is 3.13. The number of carbonyl (C=O) groups excluding carboxylic acids is 2. The molecule has 3 N–H and O–H groups in total. The Kier molecular flexibility index (Phi) is 9.41. The first-order chi connectivity index (χ1) is 9.36. The summed E-state index contributed by atoms with van der Waals surface area (Å²) in [5.41, 5.74) is 0. The van der Waals surface area contributed by atoms with Crippen LogP contribution in [0.3, 0.4) is 0 Å². The molecule has 6 heteroatoms. The van der Waals surface area contributed by atoms with Crippen LogP contribution in [-0.4, -0.2) is 35.5 Å². The molecule has 0 heterocycles. The highest BCUT2D eigenvalue weighted by atomic mass is 16.4. The van der Waals surface area contributed by atoms with E-state index < -0.39 is 12.0 Å². The molecule has 2 unspecified atom stereocenters. The molecule has 0 aromatic heterocycles. The molecular weight excluding hydrogens is 260 g/mol. The van der Waals surface area contributed by atoms with Crippen LogP contribution in [0.15, 0.2) is 0 Å². The maximum atomic E-state index is 11.7. The lowest BCUT2D eigenvalue weighted by molar-refractivity contribution is -0.137. The van der Waals surface area contributed by atoms with Crippen molar-refractivity contribution >= 4 is 17.8 Å². The lowest BCUT2D eigenvalue weighted by Crippen LogP contribution is -2.44. The predicted octanol–water partition coefficient (Wildman–Crippen LogP) is 1.30. The van der Waals surface area contributed by atoms with Gasteiger partial charge in [-0.3, -0.25) is 14.4 Å². The molecule has 0 fully saturated rings. The van der Waals surface area contributed by atoms with Crippen LogP contribution in [0.4, 0.5) is 0 Å². The van der Waals surface area contributed by atoms with Gasteiger partial charge in [-0.2, -0.15) is 0 Å². The average Bonchev–Trinajstić information content (AvgIpc) is 2.34. The molecule has 2 amide bonds. The lowest BCUT2D eigenvalue weighted by atomic mass is 9.94. The van der Waals surface area contributed by atoms with Gasteiger partial charge in [0.15, 0.2) is 0 Å². The summed E-state index contributed by atoms with van der Waals surface area (Å²) in [6.45, 7) is 5.57. The van der Waals surface area contributed by atoms with Gasteiger partial charge >= 0.3 is 5.97 Å². The zero-order valence-electron chi connectivity index (χ0n) is 12.6. The molecular formula is C14H26N2O4. The Balaban J connectivity index is 4.00. The lowest BCUT2D eigenvalue weighted by Gasteiger charge is -2.17. The van der Waals surface area contributed by atoms with Crippen LogP contribution in [0.1, 0.15) is 52.9 Å². The van der Waals surface area contributed by atoms with Crippen molar-refractivity contribution < 1.29 is 19.5 Å². The van der Waals surface area contributed by atoms with Crippen molar-refractivity contribution in [2.45, 2.75) is 58.9 Å². The normalized spacial score (nSPS) is 13.3. The molecule has 0 saturated heterocycles. The number of carboxylic acids is 1. The Labute approximate surface area is 120 Å². The van der Waals surface area contributed by atoms with Gasteiger partial charge in [0.25, 0.3) is 0 Å². The summed E-state index contributed by atoms with van der Waals surface area (Å²) in [4.78, 5) is 33.1. The molecule has 116 valence electrons. The summed E-state index contributed by atoms with van der Waals surface area (Å²) >= 11 is 0. The molecule has 0 aliphatic heterocycles. The van der Waals surface area contributed by atoms with Gasteiger partial charge in [0, 0.05) is 19.9 Å². The standard InChI is InChI=1S/C14H26N2O4/c1-4-5-12(6-7-13(18)19)8-9-15-14(20)10(2)16-11(3)17/h10,12H,4-9H2,1-3H3,(H,15,20)(H,16,17)(H,18,19). The van der Waals surface area contributed by atoms with E-state index in [1.54, 1.807) is 6.92 Å². The third-order valence-electron chi connectivity index (χ3n) is 3.13. The van der Waals surface area contributed by atoms with E-state index in [9.17, 15) is 14.4 Å². The van der Waals surface area contributed by atoms with Crippen molar-refractivity contribution in [1.82, 2.24) is 10.6 Å². The van der Waals surface area contributed by atoms with Crippen LogP contribution < -0.4 is 10.6 Å². The zero-order valence-corrected chi connectivity index (χ0v) is 12.6. The quantitative estimate of drug-likeness (QED) is 0.564. The van der Waals surface area contributed by atoms with Gasteiger partial charge < -0.3 is 15.7 Å². The van der Waals surface area contributed by atoms with Crippen molar-refractivity contribution in [2.24, 2.45) is 5.92 Å².